The molecular weight excluding hydrogens is 228 g/mol. The van der Waals surface area contributed by atoms with Gasteiger partial charge < -0.3 is 5.32 Å². The Labute approximate surface area is 112 Å². The van der Waals surface area contributed by atoms with Crippen molar-refractivity contribution in [2.75, 3.05) is 31.1 Å². The lowest BCUT2D eigenvalue weighted by molar-refractivity contribution is 0.227. The minimum atomic E-state index is 0.640. The SMILES string of the molecule is CC(C)NCCCCCCN1CCSCC1C. The van der Waals surface area contributed by atoms with E-state index in [0.29, 0.717) is 6.04 Å². The maximum absolute atomic E-state index is 3.48. The Kier molecular flexibility index (Phi) is 8.33. The third kappa shape index (κ3) is 7.32. The van der Waals surface area contributed by atoms with Crippen molar-refractivity contribution in [2.45, 2.75) is 58.5 Å². The topological polar surface area (TPSA) is 15.3 Å². The van der Waals surface area contributed by atoms with E-state index in [2.05, 4.69) is 42.7 Å². The van der Waals surface area contributed by atoms with E-state index in [1.807, 2.05) is 0 Å². The van der Waals surface area contributed by atoms with Gasteiger partial charge in [-0.25, -0.2) is 0 Å². The van der Waals surface area contributed by atoms with E-state index in [4.69, 9.17) is 0 Å². The summed E-state index contributed by atoms with van der Waals surface area (Å²) in [5.41, 5.74) is 0. The van der Waals surface area contributed by atoms with Crippen molar-refractivity contribution in [3.63, 3.8) is 0 Å². The van der Waals surface area contributed by atoms with Gasteiger partial charge in [0.25, 0.3) is 0 Å². The Balaban J connectivity index is 1.89. The van der Waals surface area contributed by atoms with E-state index in [9.17, 15) is 0 Å². The molecule has 0 amide bonds. The molecule has 0 aromatic heterocycles. The fourth-order valence-electron chi connectivity index (χ4n) is 2.28. The smallest absolute Gasteiger partial charge is 0.0158 e. The lowest BCUT2D eigenvalue weighted by Crippen LogP contribution is -2.40. The molecule has 2 nitrogen and oxygen atoms in total. The van der Waals surface area contributed by atoms with Crippen LogP contribution in [0, 0.1) is 0 Å². The molecule has 0 aromatic carbocycles. The van der Waals surface area contributed by atoms with E-state index in [1.165, 1.54) is 56.8 Å². The van der Waals surface area contributed by atoms with Gasteiger partial charge in [0, 0.05) is 30.1 Å². The maximum Gasteiger partial charge on any atom is 0.0158 e. The average molecular weight is 258 g/mol. The zero-order valence-electron chi connectivity index (χ0n) is 11.9. The van der Waals surface area contributed by atoms with Gasteiger partial charge in [0.2, 0.25) is 0 Å². The van der Waals surface area contributed by atoms with Crippen LogP contribution >= 0.6 is 11.8 Å². The molecule has 0 bridgehead atoms. The molecule has 1 atom stereocenters. The molecule has 1 aliphatic heterocycles. The Hall–Kier alpha value is 0.270. The number of hydrogen-bond donors (Lipinski definition) is 1. The van der Waals surface area contributed by atoms with Crippen molar-refractivity contribution >= 4 is 11.8 Å². The summed E-state index contributed by atoms with van der Waals surface area (Å²) in [7, 11) is 0. The maximum atomic E-state index is 3.48. The third-order valence-corrected chi connectivity index (χ3v) is 4.62. The van der Waals surface area contributed by atoms with Crippen molar-refractivity contribution in [1.29, 1.82) is 0 Å². The van der Waals surface area contributed by atoms with Gasteiger partial charge in [0.05, 0.1) is 0 Å². The molecule has 102 valence electrons. The highest BCUT2D eigenvalue weighted by atomic mass is 32.2. The van der Waals surface area contributed by atoms with Crippen molar-refractivity contribution < 1.29 is 0 Å². The lowest BCUT2D eigenvalue weighted by atomic mass is 10.1. The number of rotatable bonds is 8. The van der Waals surface area contributed by atoms with Crippen LogP contribution in [0.2, 0.25) is 0 Å². The first-order valence-electron chi connectivity index (χ1n) is 7.25. The second-order valence-electron chi connectivity index (χ2n) is 5.48. The summed E-state index contributed by atoms with van der Waals surface area (Å²) in [5.74, 6) is 2.67. The molecule has 0 aliphatic carbocycles. The number of nitrogens with one attached hydrogen (secondary N) is 1. The molecule has 1 aliphatic rings. The second-order valence-corrected chi connectivity index (χ2v) is 6.63. The van der Waals surface area contributed by atoms with Crippen LogP contribution in [0.15, 0.2) is 0 Å². The summed E-state index contributed by atoms with van der Waals surface area (Å²) in [4.78, 5) is 2.67. The molecule has 0 aromatic rings. The number of unbranched alkanes of at least 4 members (excludes halogenated alkanes) is 3. The predicted molar refractivity (Wildman–Crippen MR) is 80.0 cm³/mol. The minimum Gasteiger partial charge on any atom is -0.315 e. The van der Waals surface area contributed by atoms with Gasteiger partial charge >= 0.3 is 0 Å². The number of hydrogen-bond acceptors (Lipinski definition) is 3. The van der Waals surface area contributed by atoms with E-state index in [0.717, 1.165) is 6.04 Å². The van der Waals surface area contributed by atoms with Gasteiger partial charge in [-0.3, -0.25) is 4.90 Å². The van der Waals surface area contributed by atoms with Crippen LogP contribution in [0.25, 0.3) is 0 Å². The molecule has 1 saturated heterocycles. The quantitative estimate of drug-likeness (QED) is 0.674. The zero-order chi connectivity index (χ0) is 12.5. The van der Waals surface area contributed by atoms with Gasteiger partial charge in [-0.05, 0) is 32.9 Å². The lowest BCUT2D eigenvalue weighted by Gasteiger charge is -2.32. The molecule has 1 rings (SSSR count). The Bertz CT molecular complexity index is 185. The molecule has 0 radical (unpaired) electrons. The molecule has 3 heteroatoms. The Morgan fingerprint density at radius 1 is 1.24 bits per heavy atom. The van der Waals surface area contributed by atoms with Gasteiger partial charge in [0.15, 0.2) is 0 Å². The fourth-order valence-corrected chi connectivity index (χ4v) is 3.36. The Morgan fingerprint density at radius 2 is 2.00 bits per heavy atom. The average Bonchev–Trinajstić information content (AvgIpc) is 2.30. The molecule has 1 fully saturated rings. The van der Waals surface area contributed by atoms with Crippen LogP contribution in [0.4, 0.5) is 0 Å². The molecule has 1 heterocycles. The van der Waals surface area contributed by atoms with Crippen LogP contribution in [0.3, 0.4) is 0 Å². The highest BCUT2D eigenvalue weighted by Gasteiger charge is 2.17. The van der Waals surface area contributed by atoms with Crippen LogP contribution in [-0.4, -0.2) is 48.1 Å². The molecule has 17 heavy (non-hydrogen) atoms. The van der Waals surface area contributed by atoms with Crippen molar-refractivity contribution in [2.24, 2.45) is 0 Å². The minimum absolute atomic E-state index is 0.640. The third-order valence-electron chi connectivity index (χ3n) is 3.43. The van der Waals surface area contributed by atoms with Crippen molar-refractivity contribution in [3.8, 4) is 0 Å². The Morgan fingerprint density at radius 3 is 2.71 bits per heavy atom. The first-order valence-corrected chi connectivity index (χ1v) is 8.41. The van der Waals surface area contributed by atoms with E-state index in [-0.39, 0.29) is 0 Å². The van der Waals surface area contributed by atoms with Crippen LogP contribution in [0.1, 0.15) is 46.5 Å². The van der Waals surface area contributed by atoms with E-state index < -0.39 is 0 Å². The summed E-state index contributed by atoms with van der Waals surface area (Å²) in [5, 5.41) is 3.48. The van der Waals surface area contributed by atoms with Gasteiger partial charge in [-0.1, -0.05) is 26.7 Å². The molecular formula is C14H30N2S. The van der Waals surface area contributed by atoms with Crippen molar-refractivity contribution in [3.05, 3.63) is 0 Å². The standard InChI is InChI=1S/C14H30N2S/c1-13(2)15-8-6-4-5-7-9-16-10-11-17-12-14(16)3/h13-15H,4-12H2,1-3H3. The van der Waals surface area contributed by atoms with Crippen LogP contribution < -0.4 is 5.32 Å². The summed E-state index contributed by atoms with van der Waals surface area (Å²) >= 11 is 2.11. The largest absolute Gasteiger partial charge is 0.315 e. The molecule has 1 unspecified atom stereocenters. The summed E-state index contributed by atoms with van der Waals surface area (Å²) in [6.07, 6.45) is 5.51. The predicted octanol–water partition coefficient (Wildman–Crippen LogP) is 2.98. The van der Waals surface area contributed by atoms with E-state index >= 15 is 0 Å². The number of thioether (sulfide) groups is 1. The molecule has 0 spiro atoms. The highest BCUT2D eigenvalue weighted by Crippen LogP contribution is 2.16. The first-order chi connectivity index (χ1) is 8.20. The fraction of sp³-hybridized carbons (Fsp3) is 1.00. The summed E-state index contributed by atoms with van der Waals surface area (Å²) in [6, 6.07) is 1.44. The van der Waals surface area contributed by atoms with Gasteiger partial charge in [-0.2, -0.15) is 11.8 Å². The molecule has 0 saturated carbocycles. The monoisotopic (exact) mass is 258 g/mol. The van der Waals surface area contributed by atoms with E-state index in [1.54, 1.807) is 0 Å². The van der Waals surface area contributed by atoms with Crippen molar-refractivity contribution in [1.82, 2.24) is 10.2 Å². The van der Waals surface area contributed by atoms with Gasteiger partial charge in [0.1, 0.15) is 0 Å². The van der Waals surface area contributed by atoms with Crippen LogP contribution in [-0.2, 0) is 0 Å². The van der Waals surface area contributed by atoms with Gasteiger partial charge in [-0.15, -0.1) is 0 Å². The van der Waals surface area contributed by atoms with Crippen LogP contribution in [0.5, 0.6) is 0 Å². The highest BCUT2D eigenvalue weighted by molar-refractivity contribution is 7.99. The summed E-state index contributed by atoms with van der Waals surface area (Å²) in [6.45, 7) is 10.6. The second kappa shape index (κ2) is 9.23. The summed E-state index contributed by atoms with van der Waals surface area (Å²) < 4.78 is 0. The first kappa shape index (κ1) is 15.3. The molecule has 1 N–H and O–H groups in total. The number of nitrogens with zero attached hydrogens (tertiary/aromatic N) is 1. The zero-order valence-corrected chi connectivity index (χ0v) is 12.7. The normalized spacial score (nSPS) is 22.2.